The number of nitrogens with zero attached hydrogens (tertiary/aromatic N) is 3. The molecule has 1 saturated heterocycles. The molecular formula is C22H22Cl2N4OS. The zero-order valence-corrected chi connectivity index (χ0v) is 18.9. The van der Waals surface area contributed by atoms with Crippen LogP contribution >= 0.6 is 34.5 Å². The number of thiazole rings is 1. The maximum Gasteiger partial charge on any atom is 0.230 e. The van der Waals surface area contributed by atoms with Gasteiger partial charge < -0.3 is 15.1 Å². The zero-order chi connectivity index (χ0) is 21.1. The monoisotopic (exact) mass is 460 g/mol. The standard InChI is InChI=1S/C22H22Cl2N4OS/c1-27-8-10-28(11-9-27)20-7-6-17(24)12-19(20)26-21(29)13-18-14-30-22(25-18)15-2-4-16(23)5-3-15/h2-7,12,14H,8-11,13H2,1H3,(H,26,29). The van der Waals surface area contributed by atoms with Gasteiger partial charge in [0.15, 0.2) is 0 Å². The number of benzene rings is 2. The number of aromatic nitrogens is 1. The van der Waals surface area contributed by atoms with Gasteiger partial charge in [-0.2, -0.15) is 0 Å². The summed E-state index contributed by atoms with van der Waals surface area (Å²) in [6.45, 7) is 3.81. The van der Waals surface area contributed by atoms with Gasteiger partial charge in [0.05, 0.1) is 23.5 Å². The van der Waals surface area contributed by atoms with E-state index in [1.165, 1.54) is 11.3 Å². The van der Waals surface area contributed by atoms with Crippen LogP contribution in [0.4, 0.5) is 11.4 Å². The summed E-state index contributed by atoms with van der Waals surface area (Å²) in [6.07, 6.45) is 0.207. The Labute approximate surface area is 190 Å². The van der Waals surface area contributed by atoms with E-state index >= 15 is 0 Å². The molecule has 5 nitrogen and oxygen atoms in total. The molecule has 156 valence electrons. The average molecular weight is 461 g/mol. The molecule has 1 aromatic heterocycles. The quantitative estimate of drug-likeness (QED) is 0.578. The second-order valence-corrected chi connectivity index (χ2v) is 9.06. The first kappa shape index (κ1) is 21.1. The highest BCUT2D eigenvalue weighted by Crippen LogP contribution is 2.30. The van der Waals surface area contributed by atoms with Gasteiger partial charge in [-0.05, 0) is 37.4 Å². The molecule has 1 fully saturated rings. The lowest BCUT2D eigenvalue weighted by Crippen LogP contribution is -2.44. The molecule has 0 saturated carbocycles. The Morgan fingerprint density at radius 1 is 1.07 bits per heavy atom. The number of halogens is 2. The largest absolute Gasteiger partial charge is 0.367 e. The smallest absolute Gasteiger partial charge is 0.230 e. The van der Waals surface area contributed by atoms with Crippen molar-refractivity contribution in [3.63, 3.8) is 0 Å². The number of hydrogen-bond acceptors (Lipinski definition) is 5. The van der Waals surface area contributed by atoms with Gasteiger partial charge in [0, 0.05) is 47.2 Å². The van der Waals surface area contributed by atoms with Crippen LogP contribution in [0, 0.1) is 0 Å². The molecule has 1 amide bonds. The third kappa shape index (κ3) is 5.13. The van der Waals surface area contributed by atoms with Crippen molar-refractivity contribution < 1.29 is 4.79 Å². The van der Waals surface area contributed by atoms with Crippen LogP contribution in [0.25, 0.3) is 10.6 Å². The fourth-order valence-electron chi connectivity index (χ4n) is 3.40. The summed E-state index contributed by atoms with van der Waals surface area (Å²) in [7, 11) is 2.12. The van der Waals surface area contributed by atoms with Crippen LogP contribution in [0.1, 0.15) is 5.69 Å². The van der Waals surface area contributed by atoms with Crippen LogP contribution in [0.15, 0.2) is 47.8 Å². The highest BCUT2D eigenvalue weighted by Gasteiger charge is 2.19. The summed E-state index contributed by atoms with van der Waals surface area (Å²) >= 11 is 13.7. The van der Waals surface area contributed by atoms with Crippen molar-refractivity contribution in [1.29, 1.82) is 0 Å². The molecule has 30 heavy (non-hydrogen) atoms. The van der Waals surface area contributed by atoms with Crippen molar-refractivity contribution in [3.05, 3.63) is 63.6 Å². The highest BCUT2D eigenvalue weighted by atomic mass is 35.5. The van der Waals surface area contributed by atoms with Crippen LogP contribution < -0.4 is 10.2 Å². The van der Waals surface area contributed by atoms with E-state index in [0.717, 1.165) is 53.8 Å². The molecule has 1 aliphatic heterocycles. The Balaban J connectivity index is 1.45. The van der Waals surface area contributed by atoms with Crippen molar-refractivity contribution in [2.24, 2.45) is 0 Å². The number of anilines is 2. The summed E-state index contributed by atoms with van der Waals surface area (Å²) < 4.78 is 0. The van der Waals surface area contributed by atoms with E-state index in [1.54, 1.807) is 0 Å². The first-order valence-electron chi connectivity index (χ1n) is 9.71. The molecule has 4 rings (SSSR count). The van der Waals surface area contributed by atoms with E-state index in [4.69, 9.17) is 23.2 Å². The van der Waals surface area contributed by atoms with Crippen molar-refractivity contribution in [2.45, 2.75) is 6.42 Å². The van der Waals surface area contributed by atoms with Gasteiger partial charge in [-0.1, -0.05) is 35.3 Å². The van der Waals surface area contributed by atoms with Crippen molar-refractivity contribution in [3.8, 4) is 10.6 Å². The molecule has 0 unspecified atom stereocenters. The minimum absolute atomic E-state index is 0.111. The Kier molecular flexibility index (Phi) is 6.58. The van der Waals surface area contributed by atoms with Crippen LogP contribution in [0.5, 0.6) is 0 Å². The first-order valence-corrected chi connectivity index (χ1v) is 11.3. The van der Waals surface area contributed by atoms with Gasteiger partial charge >= 0.3 is 0 Å². The van der Waals surface area contributed by atoms with Gasteiger partial charge in [0.1, 0.15) is 5.01 Å². The molecule has 1 aliphatic rings. The maximum absolute atomic E-state index is 12.7. The third-order valence-corrected chi connectivity index (χ3v) is 6.49. The number of piperazine rings is 1. The predicted molar refractivity (Wildman–Crippen MR) is 126 cm³/mol. The Bertz CT molecular complexity index is 1030. The highest BCUT2D eigenvalue weighted by molar-refractivity contribution is 7.13. The van der Waals surface area contributed by atoms with Gasteiger partial charge in [0.2, 0.25) is 5.91 Å². The number of nitrogens with one attached hydrogen (secondary N) is 1. The van der Waals surface area contributed by atoms with Crippen molar-refractivity contribution in [1.82, 2.24) is 9.88 Å². The molecule has 8 heteroatoms. The fraction of sp³-hybridized carbons (Fsp3) is 0.273. The van der Waals surface area contributed by atoms with Gasteiger partial charge in [-0.15, -0.1) is 11.3 Å². The topological polar surface area (TPSA) is 48.5 Å². The number of carbonyl (C=O) groups is 1. The number of likely N-dealkylation sites (N-methyl/N-ethyl adjacent to an activating group) is 1. The number of carbonyl (C=O) groups excluding carboxylic acids is 1. The van der Waals surface area contributed by atoms with Gasteiger partial charge in [-0.3, -0.25) is 4.79 Å². The van der Waals surface area contributed by atoms with E-state index in [9.17, 15) is 4.79 Å². The Morgan fingerprint density at radius 2 is 1.77 bits per heavy atom. The molecule has 2 aromatic carbocycles. The van der Waals surface area contributed by atoms with Gasteiger partial charge in [-0.25, -0.2) is 4.98 Å². The second-order valence-electron chi connectivity index (χ2n) is 7.33. The molecular weight excluding hydrogens is 439 g/mol. The molecule has 1 N–H and O–H groups in total. The minimum atomic E-state index is -0.111. The lowest BCUT2D eigenvalue weighted by atomic mass is 10.2. The summed E-state index contributed by atoms with van der Waals surface area (Å²) in [5.41, 5.74) is 3.47. The fourth-order valence-corrected chi connectivity index (χ4v) is 4.53. The molecule has 0 aliphatic carbocycles. The third-order valence-electron chi connectivity index (χ3n) is 5.06. The second kappa shape index (κ2) is 9.35. The summed E-state index contributed by atoms with van der Waals surface area (Å²) in [4.78, 5) is 21.9. The minimum Gasteiger partial charge on any atom is -0.367 e. The molecule has 0 atom stereocenters. The number of amides is 1. The number of hydrogen-bond donors (Lipinski definition) is 1. The molecule has 0 bridgehead atoms. The summed E-state index contributed by atoms with van der Waals surface area (Å²) in [6, 6.07) is 13.2. The van der Waals surface area contributed by atoms with Crippen LogP contribution in [-0.2, 0) is 11.2 Å². The predicted octanol–water partition coefficient (Wildman–Crippen LogP) is 5.05. The molecule has 0 radical (unpaired) electrons. The van der Waals surface area contributed by atoms with E-state index in [-0.39, 0.29) is 12.3 Å². The van der Waals surface area contributed by atoms with E-state index in [2.05, 4.69) is 27.1 Å². The van der Waals surface area contributed by atoms with E-state index < -0.39 is 0 Å². The molecule has 2 heterocycles. The summed E-state index contributed by atoms with van der Waals surface area (Å²) in [5, 5.41) is 7.11. The van der Waals surface area contributed by atoms with Crippen LogP contribution in [0.3, 0.4) is 0 Å². The normalized spacial score (nSPS) is 14.7. The number of rotatable bonds is 5. The lowest BCUT2D eigenvalue weighted by Gasteiger charge is -2.35. The first-order chi connectivity index (χ1) is 14.5. The Morgan fingerprint density at radius 3 is 2.50 bits per heavy atom. The van der Waals surface area contributed by atoms with Crippen molar-refractivity contribution >= 4 is 51.8 Å². The zero-order valence-electron chi connectivity index (χ0n) is 16.6. The summed E-state index contributed by atoms with van der Waals surface area (Å²) in [5.74, 6) is -0.111. The molecule has 3 aromatic rings. The van der Waals surface area contributed by atoms with E-state index in [0.29, 0.717) is 10.0 Å². The van der Waals surface area contributed by atoms with Crippen molar-refractivity contribution in [2.75, 3.05) is 43.4 Å². The van der Waals surface area contributed by atoms with Gasteiger partial charge in [0.25, 0.3) is 0 Å². The SMILES string of the molecule is CN1CCN(c2ccc(Cl)cc2NC(=O)Cc2csc(-c3ccc(Cl)cc3)n2)CC1. The maximum atomic E-state index is 12.7. The lowest BCUT2D eigenvalue weighted by molar-refractivity contribution is -0.115. The van der Waals surface area contributed by atoms with E-state index in [1.807, 2.05) is 47.8 Å². The van der Waals surface area contributed by atoms with Crippen LogP contribution in [-0.4, -0.2) is 49.0 Å². The Hall–Kier alpha value is -2.12. The average Bonchev–Trinajstić information content (AvgIpc) is 3.18. The van der Waals surface area contributed by atoms with Crippen LogP contribution in [0.2, 0.25) is 10.0 Å². The molecule has 0 spiro atoms.